The summed E-state index contributed by atoms with van der Waals surface area (Å²) in [7, 11) is 0. The number of benzene rings is 1. The molecular weight excluding hydrogens is 364 g/mol. The van der Waals surface area contributed by atoms with Crippen molar-refractivity contribution < 1.29 is 4.79 Å². The number of aromatic nitrogens is 2. The number of nitrogens with one attached hydrogen (secondary N) is 1. The van der Waals surface area contributed by atoms with Crippen LogP contribution in [0.2, 0.25) is 0 Å². The number of aryl methyl sites for hydroxylation is 1. The van der Waals surface area contributed by atoms with Gasteiger partial charge in [0.2, 0.25) is 5.91 Å². The van der Waals surface area contributed by atoms with E-state index in [0.717, 1.165) is 43.5 Å². The van der Waals surface area contributed by atoms with Crippen molar-refractivity contribution in [1.82, 2.24) is 14.9 Å². The molecule has 1 saturated heterocycles. The van der Waals surface area contributed by atoms with Gasteiger partial charge in [-0.2, -0.15) is 5.26 Å². The van der Waals surface area contributed by atoms with Crippen LogP contribution in [0.3, 0.4) is 0 Å². The minimum Gasteiger partial charge on any atom is -0.354 e. The Morgan fingerprint density at radius 1 is 1.21 bits per heavy atom. The third-order valence-electron chi connectivity index (χ3n) is 5.05. The molecule has 2 heterocycles. The molecule has 0 bridgehead atoms. The van der Waals surface area contributed by atoms with E-state index < -0.39 is 0 Å². The number of nitrogens with zero attached hydrogens (tertiary/aromatic N) is 5. The lowest BCUT2D eigenvalue weighted by molar-refractivity contribution is -0.116. The van der Waals surface area contributed by atoms with Crippen molar-refractivity contribution in [1.29, 1.82) is 5.26 Å². The van der Waals surface area contributed by atoms with Crippen LogP contribution in [0, 0.1) is 18.3 Å². The topological polar surface area (TPSA) is 85.1 Å². The van der Waals surface area contributed by atoms with E-state index in [1.54, 1.807) is 18.2 Å². The number of rotatable bonds is 6. The molecular formula is C22H28N6O. The molecule has 0 aliphatic carbocycles. The third-order valence-corrected chi connectivity index (χ3v) is 5.05. The molecule has 1 amide bonds. The summed E-state index contributed by atoms with van der Waals surface area (Å²) in [6.07, 6.45) is 0.407. The lowest BCUT2D eigenvalue weighted by Crippen LogP contribution is -2.47. The number of para-hydroxylation sites is 1. The third kappa shape index (κ3) is 5.52. The van der Waals surface area contributed by atoms with E-state index in [1.807, 2.05) is 19.1 Å². The number of carbonyl (C=O) groups excluding carboxylic acids is 1. The number of hydrogen-bond acceptors (Lipinski definition) is 6. The van der Waals surface area contributed by atoms with Gasteiger partial charge in [-0.05, 0) is 19.1 Å². The predicted molar refractivity (Wildman–Crippen MR) is 114 cm³/mol. The molecule has 29 heavy (non-hydrogen) atoms. The highest BCUT2D eigenvalue weighted by Gasteiger charge is 2.20. The first-order valence-corrected chi connectivity index (χ1v) is 10.1. The number of anilines is 2. The molecule has 0 spiro atoms. The number of amides is 1. The summed E-state index contributed by atoms with van der Waals surface area (Å²) < 4.78 is 0. The van der Waals surface area contributed by atoms with Gasteiger partial charge in [0.15, 0.2) is 0 Å². The zero-order valence-electron chi connectivity index (χ0n) is 17.4. The lowest BCUT2D eigenvalue weighted by atomic mass is 10.2. The molecule has 1 N–H and O–H groups in total. The Bertz CT molecular complexity index is 896. The van der Waals surface area contributed by atoms with Gasteiger partial charge >= 0.3 is 0 Å². The summed E-state index contributed by atoms with van der Waals surface area (Å²) in [5.74, 6) is 2.12. The van der Waals surface area contributed by atoms with Gasteiger partial charge in [0.1, 0.15) is 17.7 Å². The van der Waals surface area contributed by atoms with Crippen LogP contribution in [0.15, 0.2) is 30.3 Å². The van der Waals surface area contributed by atoms with Crippen molar-refractivity contribution in [3.05, 3.63) is 47.4 Å². The van der Waals surface area contributed by atoms with Gasteiger partial charge in [0.25, 0.3) is 0 Å². The molecule has 0 atom stereocenters. The molecule has 0 saturated carbocycles. The summed E-state index contributed by atoms with van der Waals surface area (Å²) >= 11 is 0. The van der Waals surface area contributed by atoms with Crippen LogP contribution in [0.4, 0.5) is 11.5 Å². The Morgan fingerprint density at radius 2 is 1.93 bits per heavy atom. The summed E-state index contributed by atoms with van der Waals surface area (Å²) in [5.41, 5.74) is 2.05. The predicted octanol–water partition coefficient (Wildman–Crippen LogP) is 2.93. The van der Waals surface area contributed by atoms with Crippen LogP contribution in [-0.4, -0.2) is 53.5 Å². The van der Waals surface area contributed by atoms with E-state index in [1.165, 1.54) is 0 Å². The Balaban J connectivity index is 1.49. The average Bonchev–Trinajstić information content (AvgIpc) is 2.72. The smallest absolute Gasteiger partial charge is 0.225 e. The second kappa shape index (κ2) is 9.48. The van der Waals surface area contributed by atoms with Gasteiger partial charge in [-0.3, -0.25) is 9.69 Å². The molecule has 1 fully saturated rings. The first-order chi connectivity index (χ1) is 14.0. The second-order valence-electron chi connectivity index (χ2n) is 7.66. The quantitative estimate of drug-likeness (QED) is 0.814. The summed E-state index contributed by atoms with van der Waals surface area (Å²) in [4.78, 5) is 26.1. The number of piperazine rings is 1. The van der Waals surface area contributed by atoms with Crippen LogP contribution in [0.25, 0.3) is 0 Å². The summed E-state index contributed by atoms with van der Waals surface area (Å²) in [6.45, 7) is 10.5. The first-order valence-electron chi connectivity index (χ1n) is 10.1. The largest absolute Gasteiger partial charge is 0.354 e. The highest BCUT2D eigenvalue weighted by atomic mass is 16.1. The fraction of sp³-hybridized carbons (Fsp3) is 0.455. The number of nitriles is 1. The maximum absolute atomic E-state index is 12.3. The lowest BCUT2D eigenvalue weighted by Gasteiger charge is -2.35. The van der Waals surface area contributed by atoms with Crippen molar-refractivity contribution in [2.45, 2.75) is 33.1 Å². The standard InChI is InChI=1S/C22H28N6O/c1-16(2)22-24-17(3)14-20(26-22)28-12-10-27(11-13-28)9-8-21(29)25-19-7-5-4-6-18(19)15-23/h4-7,14,16H,8-13H2,1-3H3,(H,25,29). The molecule has 1 aromatic carbocycles. The fourth-order valence-electron chi connectivity index (χ4n) is 3.36. The maximum atomic E-state index is 12.3. The SMILES string of the molecule is Cc1cc(N2CCN(CCC(=O)Nc3ccccc3C#N)CC2)nc(C(C)C)n1. The van der Waals surface area contributed by atoms with Gasteiger partial charge < -0.3 is 10.2 Å². The molecule has 0 radical (unpaired) electrons. The summed E-state index contributed by atoms with van der Waals surface area (Å²) in [5, 5.41) is 12.0. The van der Waals surface area contributed by atoms with Crippen molar-refractivity contribution in [2.75, 3.05) is 42.9 Å². The highest BCUT2D eigenvalue weighted by molar-refractivity contribution is 5.92. The minimum absolute atomic E-state index is 0.0665. The van der Waals surface area contributed by atoms with E-state index in [2.05, 4.69) is 40.0 Å². The van der Waals surface area contributed by atoms with Gasteiger partial charge in [0, 0.05) is 56.8 Å². The van der Waals surface area contributed by atoms with E-state index in [4.69, 9.17) is 10.2 Å². The number of hydrogen-bond donors (Lipinski definition) is 1. The normalized spacial score (nSPS) is 14.7. The van der Waals surface area contributed by atoms with Crippen molar-refractivity contribution in [3.63, 3.8) is 0 Å². The van der Waals surface area contributed by atoms with Gasteiger partial charge in [0.05, 0.1) is 11.3 Å². The van der Waals surface area contributed by atoms with Crippen molar-refractivity contribution in [3.8, 4) is 6.07 Å². The van der Waals surface area contributed by atoms with Crippen molar-refractivity contribution in [2.24, 2.45) is 0 Å². The Hall–Kier alpha value is -2.98. The monoisotopic (exact) mass is 392 g/mol. The van der Waals surface area contributed by atoms with Gasteiger partial charge in [-0.15, -0.1) is 0 Å². The van der Waals surface area contributed by atoms with E-state index >= 15 is 0 Å². The zero-order chi connectivity index (χ0) is 20.8. The average molecular weight is 393 g/mol. The molecule has 1 aliphatic rings. The van der Waals surface area contributed by atoms with Crippen LogP contribution >= 0.6 is 0 Å². The molecule has 2 aromatic rings. The molecule has 1 aliphatic heterocycles. The van der Waals surface area contributed by atoms with Crippen LogP contribution in [0.1, 0.15) is 43.3 Å². The van der Waals surface area contributed by atoms with Crippen LogP contribution in [-0.2, 0) is 4.79 Å². The van der Waals surface area contributed by atoms with Crippen LogP contribution in [0.5, 0.6) is 0 Å². The highest BCUT2D eigenvalue weighted by Crippen LogP contribution is 2.19. The molecule has 1 aromatic heterocycles. The zero-order valence-corrected chi connectivity index (χ0v) is 17.4. The maximum Gasteiger partial charge on any atom is 0.225 e. The second-order valence-corrected chi connectivity index (χ2v) is 7.66. The molecule has 0 unspecified atom stereocenters. The molecule has 152 valence electrons. The van der Waals surface area contributed by atoms with Crippen LogP contribution < -0.4 is 10.2 Å². The van der Waals surface area contributed by atoms with E-state index in [9.17, 15) is 4.79 Å². The van der Waals surface area contributed by atoms with Gasteiger partial charge in [-0.25, -0.2) is 9.97 Å². The van der Waals surface area contributed by atoms with E-state index in [0.29, 0.717) is 30.1 Å². The first kappa shape index (κ1) is 20.7. The Labute approximate surface area is 172 Å². The Kier molecular flexibility index (Phi) is 6.78. The molecule has 7 heteroatoms. The number of carbonyl (C=O) groups is 1. The molecule has 3 rings (SSSR count). The minimum atomic E-state index is -0.0665. The summed E-state index contributed by atoms with van der Waals surface area (Å²) in [6, 6.07) is 11.2. The van der Waals surface area contributed by atoms with Crippen molar-refractivity contribution >= 4 is 17.4 Å². The fourth-order valence-corrected chi connectivity index (χ4v) is 3.36. The molecule has 7 nitrogen and oxygen atoms in total. The Morgan fingerprint density at radius 3 is 2.62 bits per heavy atom. The van der Waals surface area contributed by atoms with Gasteiger partial charge in [-0.1, -0.05) is 26.0 Å². The van der Waals surface area contributed by atoms with E-state index in [-0.39, 0.29) is 5.91 Å².